The van der Waals surface area contributed by atoms with Crippen LogP contribution in [0.25, 0.3) is 10.8 Å². The Morgan fingerprint density at radius 1 is 1.04 bits per heavy atom. The lowest BCUT2D eigenvalue weighted by Crippen LogP contribution is -2.52. The molecule has 8 nitrogen and oxygen atoms in total. The number of hydrogen-bond donors (Lipinski definition) is 0. The quantitative estimate of drug-likeness (QED) is 0.720. The zero-order valence-corrected chi connectivity index (χ0v) is 16.5. The molecule has 1 aliphatic heterocycles. The molecule has 1 aliphatic rings. The molecule has 28 heavy (non-hydrogen) atoms. The third-order valence-electron chi connectivity index (χ3n) is 5.25. The summed E-state index contributed by atoms with van der Waals surface area (Å²) in [5, 5.41) is 5.46. The predicted molar refractivity (Wildman–Crippen MR) is 107 cm³/mol. The lowest BCUT2D eigenvalue weighted by Gasteiger charge is -2.35. The zero-order valence-electron chi connectivity index (χ0n) is 16.5. The highest BCUT2D eigenvalue weighted by molar-refractivity contribution is 5.81. The van der Waals surface area contributed by atoms with Crippen molar-refractivity contribution in [2.75, 3.05) is 45.8 Å². The molecule has 0 spiro atoms. The number of amides is 2. The number of rotatable bonds is 6. The van der Waals surface area contributed by atoms with Gasteiger partial charge in [0.1, 0.15) is 6.54 Å². The maximum absolute atomic E-state index is 12.6. The van der Waals surface area contributed by atoms with E-state index in [2.05, 4.69) is 10.00 Å². The van der Waals surface area contributed by atoms with Gasteiger partial charge in [-0.2, -0.15) is 5.10 Å². The van der Waals surface area contributed by atoms with Gasteiger partial charge >= 0.3 is 0 Å². The van der Waals surface area contributed by atoms with Crippen LogP contribution in [-0.2, 0) is 16.1 Å². The van der Waals surface area contributed by atoms with Crippen molar-refractivity contribution in [2.24, 2.45) is 0 Å². The molecule has 0 saturated carbocycles. The van der Waals surface area contributed by atoms with Crippen LogP contribution in [0.2, 0.25) is 0 Å². The normalized spacial score (nSPS) is 15.0. The van der Waals surface area contributed by atoms with Crippen molar-refractivity contribution < 1.29 is 9.59 Å². The average Bonchev–Trinajstić information content (AvgIpc) is 2.71. The molecule has 0 unspecified atom stereocenters. The second-order valence-electron chi connectivity index (χ2n) is 6.92. The minimum atomic E-state index is -0.255. The van der Waals surface area contributed by atoms with Crippen molar-refractivity contribution in [3.63, 3.8) is 0 Å². The molecule has 2 heterocycles. The predicted octanol–water partition coefficient (Wildman–Crippen LogP) is 0.409. The summed E-state index contributed by atoms with van der Waals surface area (Å²) in [4.78, 5) is 43.0. The van der Waals surface area contributed by atoms with Crippen LogP contribution in [0.1, 0.15) is 13.8 Å². The largest absolute Gasteiger partial charge is 0.342 e. The van der Waals surface area contributed by atoms with Crippen molar-refractivity contribution >= 4 is 22.6 Å². The first-order valence-electron chi connectivity index (χ1n) is 9.76. The van der Waals surface area contributed by atoms with Crippen LogP contribution >= 0.6 is 0 Å². The highest BCUT2D eigenvalue weighted by Crippen LogP contribution is 2.07. The van der Waals surface area contributed by atoms with E-state index >= 15 is 0 Å². The van der Waals surface area contributed by atoms with Crippen molar-refractivity contribution in [1.29, 1.82) is 0 Å². The number of carbonyl (C=O) groups is 2. The van der Waals surface area contributed by atoms with E-state index in [0.717, 1.165) is 5.39 Å². The molecule has 150 valence electrons. The number of carbonyl (C=O) groups excluding carboxylic acids is 2. The van der Waals surface area contributed by atoms with Gasteiger partial charge in [-0.1, -0.05) is 18.2 Å². The Hall–Kier alpha value is -2.74. The minimum absolute atomic E-state index is 0.0674. The van der Waals surface area contributed by atoms with Gasteiger partial charge in [-0.25, -0.2) is 4.68 Å². The molecule has 0 atom stereocenters. The number of hydrogen-bond acceptors (Lipinski definition) is 5. The molecule has 2 aromatic rings. The highest BCUT2D eigenvalue weighted by atomic mass is 16.2. The smallest absolute Gasteiger partial charge is 0.275 e. The molecule has 0 bridgehead atoms. The van der Waals surface area contributed by atoms with E-state index in [-0.39, 0.29) is 23.9 Å². The Morgan fingerprint density at radius 3 is 2.39 bits per heavy atom. The van der Waals surface area contributed by atoms with Gasteiger partial charge in [0.2, 0.25) is 11.8 Å². The first-order chi connectivity index (χ1) is 13.5. The maximum Gasteiger partial charge on any atom is 0.275 e. The highest BCUT2D eigenvalue weighted by Gasteiger charge is 2.24. The molecule has 2 amide bonds. The average molecular weight is 385 g/mol. The number of benzene rings is 1. The summed E-state index contributed by atoms with van der Waals surface area (Å²) >= 11 is 0. The number of likely N-dealkylation sites (N-methyl/N-ethyl adjacent to an activating group) is 1. The van der Waals surface area contributed by atoms with E-state index < -0.39 is 0 Å². The third kappa shape index (κ3) is 4.39. The second kappa shape index (κ2) is 8.97. The summed E-state index contributed by atoms with van der Waals surface area (Å²) < 4.78 is 1.22. The van der Waals surface area contributed by atoms with E-state index in [1.807, 2.05) is 30.9 Å². The fourth-order valence-corrected chi connectivity index (χ4v) is 3.49. The summed E-state index contributed by atoms with van der Waals surface area (Å²) in [6.45, 7) is 8.08. The Balaban J connectivity index is 1.57. The summed E-state index contributed by atoms with van der Waals surface area (Å²) in [6, 6.07) is 7.22. The molecule has 1 fully saturated rings. The lowest BCUT2D eigenvalue weighted by atomic mass is 10.2. The third-order valence-corrected chi connectivity index (χ3v) is 5.25. The van der Waals surface area contributed by atoms with Gasteiger partial charge in [0.05, 0.1) is 18.1 Å². The van der Waals surface area contributed by atoms with Crippen LogP contribution in [0.3, 0.4) is 0 Å². The molecule has 3 rings (SSSR count). The molecule has 8 heteroatoms. The van der Waals surface area contributed by atoms with Gasteiger partial charge in [-0.15, -0.1) is 0 Å². The summed E-state index contributed by atoms with van der Waals surface area (Å²) in [7, 11) is 0. The monoisotopic (exact) mass is 385 g/mol. The lowest BCUT2D eigenvalue weighted by molar-refractivity contribution is -0.135. The molecule has 0 N–H and O–H groups in total. The molecule has 0 radical (unpaired) electrons. The fourth-order valence-electron chi connectivity index (χ4n) is 3.49. The topological polar surface area (TPSA) is 78.8 Å². The second-order valence-corrected chi connectivity index (χ2v) is 6.92. The maximum atomic E-state index is 12.6. The Kier molecular flexibility index (Phi) is 6.41. The number of fused-ring (bicyclic) bond motifs is 1. The van der Waals surface area contributed by atoms with Crippen LogP contribution in [0.15, 0.2) is 35.3 Å². The Labute approximate surface area is 164 Å². The van der Waals surface area contributed by atoms with E-state index in [9.17, 15) is 14.4 Å². The first-order valence-corrected chi connectivity index (χ1v) is 9.76. The van der Waals surface area contributed by atoms with Crippen LogP contribution in [0.5, 0.6) is 0 Å². The van der Waals surface area contributed by atoms with Crippen LogP contribution < -0.4 is 5.56 Å². The molecule has 1 aromatic heterocycles. The van der Waals surface area contributed by atoms with Gasteiger partial charge in [0.15, 0.2) is 0 Å². The van der Waals surface area contributed by atoms with Crippen molar-refractivity contribution in [3.05, 3.63) is 40.8 Å². The summed E-state index contributed by atoms with van der Waals surface area (Å²) in [6.07, 6.45) is 1.61. The van der Waals surface area contributed by atoms with Gasteiger partial charge in [-0.05, 0) is 19.9 Å². The molecule has 1 aromatic carbocycles. The summed E-state index contributed by atoms with van der Waals surface area (Å²) in [5.41, 5.74) is -0.255. The SMILES string of the molecule is CCN(CC)C(=O)CN1CCN(C(=O)Cn2ncc3ccccc3c2=O)CC1. The van der Waals surface area contributed by atoms with Gasteiger partial charge in [0, 0.05) is 44.7 Å². The molecule has 0 aliphatic carbocycles. The zero-order chi connectivity index (χ0) is 20.1. The number of piperazine rings is 1. The first kappa shape index (κ1) is 20.0. The van der Waals surface area contributed by atoms with E-state index in [0.29, 0.717) is 51.2 Å². The minimum Gasteiger partial charge on any atom is -0.342 e. The van der Waals surface area contributed by atoms with Crippen LogP contribution in [-0.4, -0.2) is 82.1 Å². The van der Waals surface area contributed by atoms with E-state index in [4.69, 9.17) is 0 Å². The Morgan fingerprint density at radius 2 is 1.71 bits per heavy atom. The summed E-state index contributed by atoms with van der Waals surface area (Å²) in [5.74, 6) is -0.00343. The Bertz CT molecular complexity index is 898. The van der Waals surface area contributed by atoms with Crippen LogP contribution in [0.4, 0.5) is 0 Å². The molecule has 1 saturated heterocycles. The van der Waals surface area contributed by atoms with Gasteiger partial charge in [-0.3, -0.25) is 19.3 Å². The fraction of sp³-hybridized carbons (Fsp3) is 0.500. The van der Waals surface area contributed by atoms with Crippen molar-refractivity contribution in [1.82, 2.24) is 24.5 Å². The number of nitrogens with zero attached hydrogens (tertiary/aromatic N) is 5. The van der Waals surface area contributed by atoms with Crippen molar-refractivity contribution in [2.45, 2.75) is 20.4 Å². The van der Waals surface area contributed by atoms with E-state index in [1.165, 1.54) is 4.68 Å². The standard InChI is InChI=1S/C20H27N5O3/c1-3-23(4-2)18(26)14-22-9-11-24(12-10-22)19(27)15-25-20(28)17-8-6-5-7-16(17)13-21-25/h5-8,13H,3-4,9-12,14-15H2,1-2H3. The number of aromatic nitrogens is 2. The van der Waals surface area contributed by atoms with Crippen LogP contribution in [0, 0.1) is 0 Å². The van der Waals surface area contributed by atoms with E-state index in [1.54, 1.807) is 23.2 Å². The van der Waals surface area contributed by atoms with Gasteiger partial charge < -0.3 is 9.80 Å². The van der Waals surface area contributed by atoms with Crippen molar-refractivity contribution in [3.8, 4) is 0 Å². The van der Waals surface area contributed by atoms with Gasteiger partial charge in [0.25, 0.3) is 5.56 Å². The molecular weight excluding hydrogens is 358 g/mol. The molecular formula is C20H27N5O3.